The molecule has 1 fully saturated rings. The number of nitrogens with one attached hydrogen (secondary N) is 1. The van der Waals surface area contributed by atoms with Gasteiger partial charge in [0.2, 0.25) is 0 Å². The van der Waals surface area contributed by atoms with E-state index in [2.05, 4.69) is 9.62 Å². The third-order valence-electron chi connectivity index (χ3n) is 6.32. The number of anilines is 1. The fourth-order valence-electron chi connectivity index (χ4n) is 4.47. The summed E-state index contributed by atoms with van der Waals surface area (Å²) in [5.74, 6) is -0.0405. The van der Waals surface area contributed by atoms with E-state index in [-0.39, 0.29) is 21.9 Å². The van der Waals surface area contributed by atoms with Crippen LogP contribution in [0.4, 0.5) is 18.9 Å². The quantitative estimate of drug-likeness (QED) is 0.562. The number of halogens is 3. The Hall–Kier alpha value is -2.06. The van der Waals surface area contributed by atoms with Crippen molar-refractivity contribution in [1.82, 2.24) is 4.90 Å². The van der Waals surface area contributed by atoms with E-state index < -0.39 is 21.8 Å². The van der Waals surface area contributed by atoms with Gasteiger partial charge in [-0.15, -0.1) is 0 Å². The number of rotatable bonds is 4. The van der Waals surface area contributed by atoms with Crippen molar-refractivity contribution in [3.63, 3.8) is 0 Å². The lowest BCUT2D eigenvalue weighted by atomic mass is 9.85. The van der Waals surface area contributed by atoms with E-state index in [1.807, 2.05) is 40.0 Å². The third-order valence-corrected chi connectivity index (χ3v) is 8.01. The monoisotopic (exact) mass is 482 g/mol. The summed E-state index contributed by atoms with van der Waals surface area (Å²) in [6, 6.07) is 7.25. The van der Waals surface area contributed by atoms with Crippen molar-refractivity contribution in [3.05, 3.63) is 58.1 Å². The maximum atomic E-state index is 13.6. The molecule has 1 saturated heterocycles. The van der Waals surface area contributed by atoms with Crippen molar-refractivity contribution >= 4 is 15.7 Å². The van der Waals surface area contributed by atoms with Crippen molar-refractivity contribution in [2.45, 2.75) is 69.9 Å². The molecule has 0 radical (unpaired) electrons. The Balaban J connectivity index is 2.02. The van der Waals surface area contributed by atoms with Gasteiger partial charge in [0, 0.05) is 5.69 Å². The molecule has 0 aliphatic carbocycles. The van der Waals surface area contributed by atoms with Gasteiger partial charge in [-0.25, -0.2) is 8.42 Å². The highest BCUT2D eigenvalue weighted by atomic mass is 32.2. The van der Waals surface area contributed by atoms with Gasteiger partial charge in [-0.05, 0) is 98.6 Å². The molecular weight excluding hydrogens is 449 g/mol. The fraction of sp³-hybridized carbons (Fsp3) is 0.520. The minimum Gasteiger partial charge on any atom is -0.306 e. The molecule has 3 rings (SSSR count). The molecule has 0 unspecified atom stereocenters. The number of piperidine rings is 1. The second-order valence-electron chi connectivity index (χ2n) is 10.2. The standard InChI is InChI=1S/C25H33F3N2O2S/c1-16-11-20(24(3,4)5)12-17(2)23(16)33(31,32)29-22-14-19(13-21(15-22)25(26,27)28)18-7-9-30(6)10-8-18/h11-15,18,29H,7-10H2,1-6H3. The van der Waals surface area contributed by atoms with E-state index in [0.29, 0.717) is 16.7 Å². The molecule has 1 heterocycles. The van der Waals surface area contributed by atoms with E-state index in [4.69, 9.17) is 0 Å². The molecule has 1 N–H and O–H groups in total. The van der Waals surface area contributed by atoms with Gasteiger partial charge < -0.3 is 4.90 Å². The van der Waals surface area contributed by atoms with Gasteiger partial charge in [0.25, 0.3) is 10.0 Å². The number of likely N-dealkylation sites (tertiary alicyclic amines) is 1. The van der Waals surface area contributed by atoms with E-state index in [1.165, 1.54) is 0 Å². The lowest BCUT2D eigenvalue weighted by Crippen LogP contribution is -2.29. The molecule has 1 aliphatic heterocycles. The van der Waals surface area contributed by atoms with Crippen LogP contribution in [0.3, 0.4) is 0 Å². The Morgan fingerprint density at radius 3 is 1.94 bits per heavy atom. The first-order chi connectivity index (χ1) is 15.1. The average molecular weight is 483 g/mol. The Bertz CT molecular complexity index is 1100. The summed E-state index contributed by atoms with van der Waals surface area (Å²) in [7, 11) is -2.10. The summed E-state index contributed by atoms with van der Waals surface area (Å²) in [5, 5.41) is 0. The first-order valence-corrected chi connectivity index (χ1v) is 12.6. The van der Waals surface area contributed by atoms with Crippen molar-refractivity contribution in [2.24, 2.45) is 0 Å². The third kappa shape index (κ3) is 5.90. The zero-order valence-electron chi connectivity index (χ0n) is 20.1. The van der Waals surface area contributed by atoms with Crippen LogP contribution in [0.1, 0.15) is 67.3 Å². The summed E-state index contributed by atoms with van der Waals surface area (Å²) in [5.41, 5.74) is 1.60. The molecule has 0 bridgehead atoms. The van der Waals surface area contributed by atoms with Gasteiger partial charge >= 0.3 is 6.18 Å². The SMILES string of the molecule is Cc1cc(C(C)(C)C)cc(C)c1S(=O)(=O)Nc1cc(C2CCN(C)CC2)cc(C(F)(F)F)c1. The van der Waals surface area contributed by atoms with Crippen LogP contribution in [0, 0.1) is 13.8 Å². The summed E-state index contributed by atoms with van der Waals surface area (Å²) in [4.78, 5) is 2.24. The maximum absolute atomic E-state index is 13.6. The summed E-state index contributed by atoms with van der Waals surface area (Å²) >= 11 is 0. The van der Waals surface area contributed by atoms with Crippen LogP contribution >= 0.6 is 0 Å². The highest BCUT2D eigenvalue weighted by Gasteiger charge is 2.33. The summed E-state index contributed by atoms with van der Waals surface area (Å²) in [6.07, 6.45) is -3.10. The van der Waals surface area contributed by atoms with Crippen LogP contribution in [-0.4, -0.2) is 33.5 Å². The van der Waals surface area contributed by atoms with Gasteiger partial charge in [0.05, 0.1) is 10.5 Å². The second-order valence-corrected chi connectivity index (χ2v) is 11.8. The topological polar surface area (TPSA) is 49.4 Å². The van der Waals surface area contributed by atoms with Gasteiger partial charge in [-0.3, -0.25) is 4.72 Å². The molecule has 4 nitrogen and oxygen atoms in total. The Morgan fingerprint density at radius 1 is 0.909 bits per heavy atom. The number of benzene rings is 2. The first-order valence-electron chi connectivity index (χ1n) is 11.1. The predicted molar refractivity (Wildman–Crippen MR) is 126 cm³/mol. The number of sulfonamides is 1. The summed E-state index contributed by atoms with van der Waals surface area (Å²) in [6.45, 7) is 11.1. The predicted octanol–water partition coefficient (Wildman–Crippen LogP) is 6.23. The van der Waals surface area contributed by atoms with Crippen LogP contribution in [-0.2, 0) is 21.6 Å². The largest absolute Gasteiger partial charge is 0.416 e. The lowest BCUT2D eigenvalue weighted by molar-refractivity contribution is -0.137. The average Bonchev–Trinajstić information content (AvgIpc) is 2.65. The molecule has 0 aromatic heterocycles. The number of hydrogen-bond donors (Lipinski definition) is 1. The molecule has 182 valence electrons. The molecule has 0 spiro atoms. The lowest BCUT2D eigenvalue weighted by Gasteiger charge is -2.30. The molecular formula is C25H33F3N2O2S. The fourth-order valence-corrected chi connectivity index (χ4v) is 5.96. The molecule has 0 atom stereocenters. The van der Waals surface area contributed by atoms with Crippen LogP contribution < -0.4 is 4.72 Å². The normalized spacial score (nSPS) is 16.8. The van der Waals surface area contributed by atoms with E-state index in [0.717, 1.165) is 43.6 Å². The summed E-state index contributed by atoms with van der Waals surface area (Å²) < 4.78 is 69.9. The van der Waals surface area contributed by atoms with Crippen LogP contribution in [0.15, 0.2) is 35.2 Å². The van der Waals surface area contributed by atoms with E-state index in [1.54, 1.807) is 19.9 Å². The van der Waals surface area contributed by atoms with Gasteiger partial charge in [-0.2, -0.15) is 13.2 Å². The van der Waals surface area contributed by atoms with Gasteiger partial charge in [0.1, 0.15) is 0 Å². The van der Waals surface area contributed by atoms with Crippen molar-refractivity contribution < 1.29 is 21.6 Å². The van der Waals surface area contributed by atoms with Crippen LogP contribution in [0.2, 0.25) is 0 Å². The molecule has 2 aromatic carbocycles. The van der Waals surface area contributed by atoms with Crippen molar-refractivity contribution in [1.29, 1.82) is 0 Å². The van der Waals surface area contributed by atoms with E-state index >= 15 is 0 Å². The van der Waals surface area contributed by atoms with Gasteiger partial charge in [-0.1, -0.05) is 32.9 Å². The molecule has 1 aliphatic rings. The van der Waals surface area contributed by atoms with Crippen molar-refractivity contribution in [3.8, 4) is 0 Å². The number of aryl methyl sites for hydroxylation is 2. The molecule has 0 amide bonds. The minimum atomic E-state index is -4.57. The number of nitrogens with zero attached hydrogens (tertiary/aromatic N) is 1. The Labute approximate surface area is 195 Å². The first kappa shape index (κ1) is 25.6. The van der Waals surface area contributed by atoms with Crippen molar-refractivity contribution in [2.75, 3.05) is 24.9 Å². The number of hydrogen-bond acceptors (Lipinski definition) is 3. The Kier molecular flexibility index (Phi) is 6.93. The van der Waals surface area contributed by atoms with Gasteiger partial charge in [0.15, 0.2) is 0 Å². The molecule has 33 heavy (non-hydrogen) atoms. The van der Waals surface area contributed by atoms with Crippen LogP contribution in [0.5, 0.6) is 0 Å². The number of alkyl halides is 3. The second kappa shape index (κ2) is 8.95. The smallest absolute Gasteiger partial charge is 0.306 e. The molecule has 0 saturated carbocycles. The maximum Gasteiger partial charge on any atom is 0.416 e. The minimum absolute atomic E-state index is 0.0405. The Morgan fingerprint density at radius 2 is 1.45 bits per heavy atom. The van der Waals surface area contributed by atoms with E-state index in [9.17, 15) is 21.6 Å². The molecule has 8 heteroatoms. The van der Waals surface area contributed by atoms with Crippen LogP contribution in [0.25, 0.3) is 0 Å². The zero-order chi connectivity index (χ0) is 24.8. The highest BCUT2D eigenvalue weighted by molar-refractivity contribution is 7.92. The highest BCUT2D eigenvalue weighted by Crippen LogP contribution is 2.37. The molecule has 2 aromatic rings. The zero-order valence-corrected chi connectivity index (χ0v) is 20.9.